The zero-order valence-corrected chi connectivity index (χ0v) is 13.9. The number of carbonyl (C=O) groups excluding carboxylic acids is 1. The predicted octanol–water partition coefficient (Wildman–Crippen LogP) is 1.000. The van der Waals surface area contributed by atoms with Crippen LogP contribution in [-0.4, -0.2) is 56.3 Å². The second-order valence-electron chi connectivity index (χ2n) is 4.85. The number of carbonyl (C=O) groups is 1. The fraction of sp³-hybridized carbons (Fsp3) is 0.400. The third-order valence-corrected chi connectivity index (χ3v) is 4.08. The molecular weight excluding hydrogens is 334 g/mol. The molecule has 1 aromatic rings. The Morgan fingerprint density at radius 1 is 1.42 bits per heavy atom. The van der Waals surface area contributed by atoms with Gasteiger partial charge in [0.05, 0.1) is 32.3 Å². The molecule has 0 atom stereocenters. The summed E-state index contributed by atoms with van der Waals surface area (Å²) in [6.07, 6.45) is 1.16. The highest BCUT2D eigenvalue weighted by atomic mass is 32.2. The smallest absolute Gasteiger partial charge is 0.236 e. The highest BCUT2D eigenvalue weighted by Gasteiger charge is 2.19. The number of amidine groups is 1. The van der Waals surface area contributed by atoms with Crippen LogP contribution in [0.3, 0.4) is 0 Å². The van der Waals surface area contributed by atoms with E-state index in [1.54, 1.807) is 19.4 Å². The minimum absolute atomic E-state index is 0.0732. The summed E-state index contributed by atoms with van der Waals surface area (Å²) in [6.45, 7) is 1.38. The number of methoxy groups -OCH3 is 1. The first-order valence-corrected chi connectivity index (χ1v) is 8.31. The Kier molecular flexibility index (Phi) is 5.68. The maximum atomic E-state index is 11.1. The lowest BCUT2D eigenvalue weighted by Gasteiger charge is -2.15. The average molecular weight is 351 g/mol. The summed E-state index contributed by atoms with van der Waals surface area (Å²) in [5, 5.41) is 11.1. The number of nitrogens with one attached hydrogen (secondary N) is 1. The van der Waals surface area contributed by atoms with E-state index >= 15 is 0 Å². The summed E-state index contributed by atoms with van der Waals surface area (Å²) in [6, 6.07) is 5.45. The number of hydrogen-bond acceptors (Lipinski definition) is 8. The zero-order valence-electron chi connectivity index (χ0n) is 13.1. The SMILES string of the molecule is COc1cccc(C=NN=C2NC(=O)CS2)c1OCC1OCCO1. The molecule has 0 aliphatic carbocycles. The van der Waals surface area contributed by atoms with E-state index in [1.165, 1.54) is 11.8 Å². The van der Waals surface area contributed by atoms with Crippen LogP contribution in [0.25, 0.3) is 0 Å². The third-order valence-electron chi connectivity index (χ3n) is 3.22. The largest absolute Gasteiger partial charge is 0.493 e. The normalized spacial score (nSPS) is 20.0. The van der Waals surface area contributed by atoms with Gasteiger partial charge in [0.2, 0.25) is 5.91 Å². The molecule has 3 rings (SSSR count). The van der Waals surface area contributed by atoms with E-state index in [1.807, 2.05) is 12.1 Å². The van der Waals surface area contributed by atoms with Gasteiger partial charge in [-0.05, 0) is 12.1 Å². The first kappa shape index (κ1) is 16.7. The van der Waals surface area contributed by atoms with E-state index in [0.29, 0.717) is 41.2 Å². The molecule has 2 aliphatic heterocycles. The predicted molar refractivity (Wildman–Crippen MR) is 89.8 cm³/mol. The molecule has 128 valence electrons. The molecule has 1 aromatic carbocycles. The molecule has 0 bridgehead atoms. The molecule has 0 radical (unpaired) electrons. The molecule has 1 amide bonds. The van der Waals surface area contributed by atoms with Crippen LogP contribution >= 0.6 is 11.8 Å². The molecule has 0 spiro atoms. The van der Waals surface area contributed by atoms with Gasteiger partial charge in [-0.15, -0.1) is 5.10 Å². The van der Waals surface area contributed by atoms with Crippen molar-refractivity contribution in [2.45, 2.75) is 6.29 Å². The van der Waals surface area contributed by atoms with Crippen molar-refractivity contribution in [2.24, 2.45) is 10.2 Å². The summed E-state index contributed by atoms with van der Waals surface area (Å²) < 4.78 is 21.8. The molecule has 1 N–H and O–H groups in total. The van der Waals surface area contributed by atoms with Gasteiger partial charge in [0.15, 0.2) is 23.0 Å². The van der Waals surface area contributed by atoms with E-state index in [-0.39, 0.29) is 18.8 Å². The summed E-state index contributed by atoms with van der Waals surface area (Å²) in [5.74, 6) is 1.40. The van der Waals surface area contributed by atoms with Gasteiger partial charge in [0.25, 0.3) is 0 Å². The fourth-order valence-electron chi connectivity index (χ4n) is 2.13. The minimum Gasteiger partial charge on any atom is -0.493 e. The van der Waals surface area contributed by atoms with E-state index < -0.39 is 0 Å². The van der Waals surface area contributed by atoms with Gasteiger partial charge in [0.1, 0.15) is 6.61 Å². The third kappa shape index (κ3) is 4.25. The Balaban J connectivity index is 1.72. The Labute approximate surface area is 143 Å². The second-order valence-corrected chi connectivity index (χ2v) is 5.81. The number of ether oxygens (including phenoxy) is 4. The first-order chi connectivity index (χ1) is 11.8. The summed E-state index contributed by atoms with van der Waals surface area (Å²) in [4.78, 5) is 11.1. The van der Waals surface area contributed by atoms with Crippen LogP contribution in [0.2, 0.25) is 0 Å². The average Bonchev–Trinajstić information content (AvgIpc) is 3.25. The molecule has 2 fully saturated rings. The number of hydrogen-bond donors (Lipinski definition) is 1. The van der Waals surface area contributed by atoms with Gasteiger partial charge < -0.3 is 24.3 Å². The summed E-state index contributed by atoms with van der Waals surface area (Å²) in [7, 11) is 1.57. The van der Waals surface area contributed by atoms with Gasteiger partial charge in [-0.3, -0.25) is 4.79 Å². The molecule has 2 saturated heterocycles. The first-order valence-electron chi connectivity index (χ1n) is 7.33. The van der Waals surface area contributed by atoms with Crippen LogP contribution in [0.4, 0.5) is 0 Å². The minimum atomic E-state index is -0.384. The van der Waals surface area contributed by atoms with E-state index in [2.05, 4.69) is 15.5 Å². The Hall–Kier alpha value is -2.10. The van der Waals surface area contributed by atoms with Crippen LogP contribution in [0.1, 0.15) is 5.56 Å². The van der Waals surface area contributed by atoms with Crippen molar-refractivity contribution in [3.8, 4) is 11.5 Å². The molecule has 8 nitrogen and oxygen atoms in total. The Bertz CT molecular complexity index is 659. The van der Waals surface area contributed by atoms with Crippen LogP contribution in [0.15, 0.2) is 28.4 Å². The number of amides is 1. The van der Waals surface area contributed by atoms with Gasteiger partial charge in [-0.1, -0.05) is 17.8 Å². The van der Waals surface area contributed by atoms with E-state index in [9.17, 15) is 4.79 Å². The van der Waals surface area contributed by atoms with E-state index in [0.717, 1.165) is 0 Å². The zero-order chi connectivity index (χ0) is 16.8. The topological polar surface area (TPSA) is 90.7 Å². The standard InChI is InChI=1S/C15H17N3O5S/c1-20-11-4-2-3-10(7-16-18-15-17-12(19)9-24-15)14(11)23-8-13-21-5-6-22-13/h2-4,7,13H,5-6,8-9H2,1H3,(H,17,18,19). The van der Waals surface area contributed by atoms with Crippen LogP contribution in [-0.2, 0) is 14.3 Å². The maximum absolute atomic E-state index is 11.1. The van der Waals surface area contributed by atoms with Crippen LogP contribution < -0.4 is 14.8 Å². The molecule has 0 unspecified atom stereocenters. The monoisotopic (exact) mass is 351 g/mol. The van der Waals surface area contributed by atoms with Gasteiger partial charge >= 0.3 is 0 Å². The summed E-state index contributed by atoms with van der Waals surface area (Å²) in [5.41, 5.74) is 0.700. The number of thioether (sulfide) groups is 1. The van der Waals surface area contributed by atoms with Crippen LogP contribution in [0, 0.1) is 0 Å². The van der Waals surface area contributed by atoms with Crippen molar-refractivity contribution >= 4 is 29.1 Å². The lowest BCUT2D eigenvalue weighted by Crippen LogP contribution is -2.19. The lowest BCUT2D eigenvalue weighted by atomic mass is 10.2. The highest BCUT2D eigenvalue weighted by Crippen LogP contribution is 2.30. The van der Waals surface area contributed by atoms with Crippen molar-refractivity contribution in [1.82, 2.24) is 5.32 Å². The van der Waals surface area contributed by atoms with Gasteiger partial charge in [0, 0.05) is 5.56 Å². The Morgan fingerprint density at radius 2 is 2.25 bits per heavy atom. The van der Waals surface area contributed by atoms with Crippen molar-refractivity contribution < 1.29 is 23.7 Å². The number of nitrogens with zero attached hydrogens (tertiary/aromatic N) is 2. The van der Waals surface area contributed by atoms with Crippen molar-refractivity contribution in [2.75, 3.05) is 32.7 Å². The van der Waals surface area contributed by atoms with E-state index in [4.69, 9.17) is 18.9 Å². The highest BCUT2D eigenvalue weighted by molar-refractivity contribution is 8.15. The molecule has 2 aliphatic rings. The molecule has 2 heterocycles. The quantitative estimate of drug-likeness (QED) is 0.607. The second kappa shape index (κ2) is 8.13. The Morgan fingerprint density at radius 3 is 2.96 bits per heavy atom. The molecular formula is C15H17N3O5S. The number of rotatable bonds is 6. The molecule has 0 aromatic heterocycles. The lowest BCUT2D eigenvalue weighted by molar-refractivity contribution is -0.116. The van der Waals surface area contributed by atoms with Crippen LogP contribution in [0.5, 0.6) is 11.5 Å². The number of benzene rings is 1. The molecule has 24 heavy (non-hydrogen) atoms. The van der Waals surface area contributed by atoms with Crippen molar-refractivity contribution in [3.63, 3.8) is 0 Å². The van der Waals surface area contributed by atoms with Crippen molar-refractivity contribution in [3.05, 3.63) is 23.8 Å². The number of para-hydroxylation sites is 1. The van der Waals surface area contributed by atoms with Gasteiger partial charge in [-0.2, -0.15) is 5.10 Å². The van der Waals surface area contributed by atoms with Gasteiger partial charge in [-0.25, -0.2) is 0 Å². The maximum Gasteiger partial charge on any atom is 0.236 e. The molecule has 9 heteroatoms. The molecule has 0 saturated carbocycles. The fourth-order valence-corrected chi connectivity index (χ4v) is 2.76. The summed E-state index contributed by atoms with van der Waals surface area (Å²) >= 11 is 1.31. The van der Waals surface area contributed by atoms with Crippen molar-refractivity contribution in [1.29, 1.82) is 0 Å².